The predicted molar refractivity (Wildman–Crippen MR) is 85.8 cm³/mol. The number of anilines is 1. The minimum atomic E-state index is -0.655. The summed E-state index contributed by atoms with van der Waals surface area (Å²) in [6.45, 7) is 1.37. The highest BCUT2D eigenvalue weighted by atomic mass is 35.5. The van der Waals surface area contributed by atoms with Gasteiger partial charge in [0.2, 0.25) is 5.91 Å². The van der Waals surface area contributed by atoms with E-state index >= 15 is 0 Å². The number of carbonyl (C=O) groups is 3. The van der Waals surface area contributed by atoms with Crippen LogP contribution in [0.3, 0.4) is 0 Å². The molecule has 0 spiro atoms. The van der Waals surface area contributed by atoms with Gasteiger partial charge in [0.05, 0.1) is 5.02 Å². The number of ether oxygens (including phenoxy) is 1. The maximum Gasteiger partial charge on any atom is 0.355 e. The number of esters is 1. The van der Waals surface area contributed by atoms with Crippen molar-refractivity contribution in [1.29, 1.82) is 0 Å². The number of carbonyl (C=O) groups excluding carboxylic acids is 3. The molecule has 2 N–H and O–H groups in total. The Morgan fingerprint density at radius 3 is 2.48 bits per heavy atom. The Balaban J connectivity index is 1.90. The molecule has 2 aromatic rings. The number of rotatable bonds is 6. The number of benzene rings is 1. The normalized spacial score (nSPS) is 10.2. The average Bonchev–Trinajstić information content (AvgIpc) is 2.99. The lowest BCUT2D eigenvalue weighted by molar-refractivity contribution is -0.115. The van der Waals surface area contributed by atoms with Gasteiger partial charge in [0.25, 0.3) is 0 Å². The molecule has 0 radical (unpaired) electrons. The maximum atomic E-state index is 12.0. The number of H-pyrrole nitrogens is 1. The number of ketones is 1. The van der Waals surface area contributed by atoms with Gasteiger partial charge >= 0.3 is 5.97 Å². The average molecular weight is 335 g/mol. The second-order valence-electron chi connectivity index (χ2n) is 4.71. The molecule has 1 aromatic heterocycles. The number of hydrogen-bond donors (Lipinski definition) is 2. The van der Waals surface area contributed by atoms with Crippen molar-refractivity contribution in [2.45, 2.75) is 13.3 Å². The van der Waals surface area contributed by atoms with E-state index in [-0.39, 0.29) is 24.0 Å². The van der Waals surface area contributed by atoms with E-state index in [1.54, 1.807) is 31.2 Å². The Kier molecular flexibility index (Phi) is 5.54. The largest absolute Gasteiger partial charge is 0.453 e. The second-order valence-corrected chi connectivity index (χ2v) is 5.15. The van der Waals surface area contributed by atoms with Crippen LogP contribution in [0.5, 0.6) is 0 Å². The topological polar surface area (TPSA) is 88.3 Å². The molecular weight excluding hydrogens is 320 g/mol. The fourth-order valence-corrected chi connectivity index (χ4v) is 1.93. The molecule has 7 heteroatoms. The third kappa shape index (κ3) is 4.69. The first-order valence-electron chi connectivity index (χ1n) is 6.93. The second kappa shape index (κ2) is 7.60. The number of hydrogen-bond acceptors (Lipinski definition) is 4. The third-order valence-electron chi connectivity index (χ3n) is 3.01. The summed E-state index contributed by atoms with van der Waals surface area (Å²) in [4.78, 5) is 37.6. The van der Waals surface area contributed by atoms with E-state index in [0.717, 1.165) is 0 Å². The summed E-state index contributed by atoms with van der Waals surface area (Å²) in [7, 11) is 0. The molecule has 1 amide bonds. The fourth-order valence-electron chi connectivity index (χ4n) is 1.77. The van der Waals surface area contributed by atoms with Crippen LogP contribution in [0.4, 0.5) is 5.69 Å². The van der Waals surface area contributed by atoms with Crippen molar-refractivity contribution >= 4 is 34.9 Å². The number of nitrogens with one attached hydrogen (secondary N) is 2. The number of Topliss-reactive ketones (excluding diaryl/α,β-unsaturated/α-hetero) is 1. The first kappa shape index (κ1) is 16.8. The van der Waals surface area contributed by atoms with Gasteiger partial charge in [-0.25, -0.2) is 4.79 Å². The highest BCUT2D eigenvalue weighted by Crippen LogP contribution is 2.12. The van der Waals surface area contributed by atoms with Crippen molar-refractivity contribution < 1.29 is 19.1 Å². The molecule has 0 bridgehead atoms. The molecule has 6 nitrogen and oxygen atoms in total. The smallest absolute Gasteiger partial charge is 0.355 e. The summed E-state index contributed by atoms with van der Waals surface area (Å²) in [5, 5.41) is 3.06. The molecule has 0 aliphatic carbocycles. The van der Waals surface area contributed by atoms with Gasteiger partial charge in [0.1, 0.15) is 5.69 Å². The van der Waals surface area contributed by atoms with Gasteiger partial charge in [0.15, 0.2) is 12.4 Å². The van der Waals surface area contributed by atoms with Crippen molar-refractivity contribution in [2.24, 2.45) is 0 Å². The van der Waals surface area contributed by atoms with Crippen LogP contribution in [0.1, 0.15) is 34.2 Å². The zero-order chi connectivity index (χ0) is 16.8. The van der Waals surface area contributed by atoms with Crippen LogP contribution in [-0.2, 0) is 9.53 Å². The molecule has 0 atom stereocenters. The summed E-state index contributed by atoms with van der Waals surface area (Å²) < 4.78 is 4.92. The zero-order valence-corrected chi connectivity index (χ0v) is 13.1. The van der Waals surface area contributed by atoms with Gasteiger partial charge < -0.3 is 15.0 Å². The van der Waals surface area contributed by atoms with Crippen LogP contribution in [-0.4, -0.2) is 29.3 Å². The number of amides is 1. The highest BCUT2D eigenvalue weighted by Gasteiger charge is 2.13. The van der Waals surface area contributed by atoms with E-state index in [9.17, 15) is 14.4 Å². The van der Waals surface area contributed by atoms with Crippen LogP contribution in [0, 0.1) is 0 Å². The molecule has 23 heavy (non-hydrogen) atoms. The van der Waals surface area contributed by atoms with Gasteiger partial charge in [-0.05, 0) is 30.3 Å². The molecular formula is C16H15ClN2O4. The molecule has 2 rings (SSSR count). The first-order chi connectivity index (χ1) is 11.0. The Morgan fingerprint density at radius 1 is 1.22 bits per heavy atom. The van der Waals surface area contributed by atoms with E-state index in [4.69, 9.17) is 16.3 Å². The Morgan fingerprint density at radius 2 is 1.91 bits per heavy atom. The van der Waals surface area contributed by atoms with E-state index < -0.39 is 5.97 Å². The molecule has 0 aliphatic rings. The van der Waals surface area contributed by atoms with Crippen molar-refractivity contribution in [3.05, 3.63) is 52.8 Å². The SMILES string of the molecule is CCC(=O)Nc1ccc(C(=O)COC(=O)c2cc(Cl)c[nH]2)cc1. The summed E-state index contributed by atoms with van der Waals surface area (Å²) in [5.41, 5.74) is 1.17. The molecule has 0 saturated carbocycles. The molecule has 120 valence electrons. The quantitative estimate of drug-likeness (QED) is 0.627. The highest BCUT2D eigenvalue weighted by molar-refractivity contribution is 6.30. The van der Waals surface area contributed by atoms with Gasteiger partial charge in [-0.2, -0.15) is 0 Å². The number of halogens is 1. The fraction of sp³-hybridized carbons (Fsp3) is 0.188. The molecule has 1 heterocycles. The van der Waals surface area contributed by atoms with Gasteiger partial charge in [-0.3, -0.25) is 9.59 Å². The van der Waals surface area contributed by atoms with Crippen LogP contribution in [0.15, 0.2) is 36.5 Å². The third-order valence-corrected chi connectivity index (χ3v) is 3.23. The van der Waals surface area contributed by atoms with Crippen molar-refractivity contribution in [3.8, 4) is 0 Å². The molecule has 0 fully saturated rings. The Bertz CT molecular complexity index is 722. The summed E-state index contributed by atoms with van der Waals surface area (Å²) in [5.74, 6) is -1.11. The Labute approximate surface area is 137 Å². The van der Waals surface area contributed by atoms with E-state index in [2.05, 4.69) is 10.3 Å². The van der Waals surface area contributed by atoms with Crippen LogP contribution in [0.25, 0.3) is 0 Å². The van der Waals surface area contributed by atoms with E-state index in [0.29, 0.717) is 22.7 Å². The van der Waals surface area contributed by atoms with Crippen LogP contribution in [0.2, 0.25) is 5.02 Å². The van der Waals surface area contributed by atoms with E-state index in [1.165, 1.54) is 12.3 Å². The van der Waals surface area contributed by atoms with Crippen molar-refractivity contribution in [2.75, 3.05) is 11.9 Å². The van der Waals surface area contributed by atoms with Gasteiger partial charge in [-0.1, -0.05) is 18.5 Å². The minimum absolute atomic E-state index is 0.109. The lowest BCUT2D eigenvalue weighted by Gasteiger charge is -2.06. The van der Waals surface area contributed by atoms with Crippen LogP contribution < -0.4 is 5.32 Å². The molecule has 0 unspecified atom stereocenters. The van der Waals surface area contributed by atoms with Crippen molar-refractivity contribution in [3.63, 3.8) is 0 Å². The standard InChI is InChI=1S/C16H15ClN2O4/c1-2-15(21)19-12-5-3-10(4-6-12)14(20)9-23-16(22)13-7-11(17)8-18-13/h3-8,18H,2,9H2,1H3,(H,19,21). The van der Waals surface area contributed by atoms with Crippen LogP contribution >= 0.6 is 11.6 Å². The molecule has 0 saturated heterocycles. The monoisotopic (exact) mass is 334 g/mol. The maximum absolute atomic E-state index is 12.0. The summed E-state index contributed by atoms with van der Waals surface area (Å²) in [6.07, 6.45) is 1.82. The summed E-state index contributed by atoms with van der Waals surface area (Å²) in [6, 6.07) is 7.78. The van der Waals surface area contributed by atoms with Gasteiger partial charge in [0, 0.05) is 23.9 Å². The summed E-state index contributed by atoms with van der Waals surface area (Å²) >= 11 is 5.69. The lowest BCUT2D eigenvalue weighted by Crippen LogP contribution is -2.14. The number of aromatic amines is 1. The Hall–Kier alpha value is -2.60. The molecule has 0 aliphatic heterocycles. The number of aromatic nitrogens is 1. The first-order valence-corrected chi connectivity index (χ1v) is 7.31. The minimum Gasteiger partial charge on any atom is -0.453 e. The molecule has 1 aromatic carbocycles. The van der Waals surface area contributed by atoms with Gasteiger partial charge in [-0.15, -0.1) is 0 Å². The predicted octanol–water partition coefficient (Wildman–Crippen LogP) is 3.06. The lowest BCUT2D eigenvalue weighted by atomic mass is 10.1. The van der Waals surface area contributed by atoms with E-state index in [1.807, 2.05) is 0 Å². The zero-order valence-electron chi connectivity index (χ0n) is 12.4. The van der Waals surface area contributed by atoms with Crippen molar-refractivity contribution in [1.82, 2.24) is 4.98 Å².